The zero-order chi connectivity index (χ0) is 16.7. The Balaban J connectivity index is 1.91. The van der Waals surface area contributed by atoms with Crippen LogP contribution in [0, 0.1) is 12.7 Å². The van der Waals surface area contributed by atoms with Crippen LogP contribution in [0.4, 0.5) is 10.2 Å². The fraction of sp³-hybridized carbons (Fsp3) is 0.158. The SMILES string of the molecule is Cc1nn(-c2ccccc2)c2c1C(c1ccccc1F)CC(=O)N2. The highest BCUT2D eigenvalue weighted by Crippen LogP contribution is 2.40. The number of aromatic nitrogens is 2. The number of halogens is 1. The Bertz CT molecular complexity index is 918. The molecule has 1 aromatic heterocycles. The summed E-state index contributed by atoms with van der Waals surface area (Å²) in [5, 5.41) is 7.49. The second-order valence-corrected chi connectivity index (χ2v) is 5.92. The number of carbonyl (C=O) groups is 1. The van der Waals surface area contributed by atoms with Gasteiger partial charge in [-0.3, -0.25) is 4.79 Å². The van der Waals surface area contributed by atoms with Crippen LogP contribution in [0.2, 0.25) is 0 Å². The number of nitrogens with zero attached hydrogens (tertiary/aromatic N) is 2. The average molecular weight is 321 g/mol. The number of aryl methyl sites for hydroxylation is 1. The highest BCUT2D eigenvalue weighted by molar-refractivity contribution is 5.95. The third kappa shape index (κ3) is 2.29. The molecule has 3 aromatic rings. The van der Waals surface area contributed by atoms with Crippen molar-refractivity contribution in [1.29, 1.82) is 0 Å². The number of fused-ring (bicyclic) bond motifs is 1. The van der Waals surface area contributed by atoms with Gasteiger partial charge in [0.25, 0.3) is 0 Å². The molecule has 1 amide bonds. The lowest BCUT2D eigenvalue weighted by Crippen LogP contribution is -2.25. The topological polar surface area (TPSA) is 46.9 Å². The largest absolute Gasteiger partial charge is 0.310 e. The standard InChI is InChI=1S/C19H16FN3O/c1-12-18-15(14-9-5-6-10-16(14)20)11-17(24)21-19(18)23(22-12)13-7-3-2-4-8-13/h2-10,15H,11H2,1H3,(H,21,24). The maximum atomic E-state index is 14.3. The molecule has 1 N–H and O–H groups in total. The van der Waals surface area contributed by atoms with Crippen molar-refractivity contribution in [2.24, 2.45) is 0 Å². The first kappa shape index (κ1) is 14.6. The lowest BCUT2D eigenvalue weighted by molar-refractivity contribution is -0.116. The van der Waals surface area contributed by atoms with E-state index in [0.717, 1.165) is 16.9 Å². The highest BCUT2D eigenvalue weighted by atomic mass is 19.1. The molecule has 0 bridgehead atoms. The molecular weight excluding hydrogens is 305 g/mol. The molecule has 1 unspecified atom stereocenters. The minimum Gasteiger partial charge on any atom is -0.310 e. The Hall–Kier alpha value is -2.95. The van der Waals surface area contributed by atoms with Crippen molar-refractivity contribution in [2.75, 3.05) is 5.32 Å². The smallest absolute Gasteiger partial charge is 0.226 e. The lowest BCUT2D eigenvalue weighted by Gasteiger charge is -2.24. The molecule has 5 heteroatoms. The number of rotatable bonds is 2. The second kappa shape index (κ2) is 5.60. The van der Waals surface area contributed by atoms with Crippen LogP contribution in [0.25, 0.3) is 5.69 Å². The van der Waals surface area contributed by atoms with Gasteiger partial charge in [0.1, 0.15) is 11.6 Å². The molecule has 2 heterocycles. The predicted molar refractivity (Wildman–Crippen MR) is 89.8 cm³/mol. The van der Waals surface area contributed by atoms with Gasteiger partial charge >= 0.3 is 0 Å². The van der Waals surface area contributed by atoms with Gasteiger partial charge in [-0.25, -0.2) is 9.07 Å². The van der Waals surface area contributed by atoms with Crippen molar-refractivity contribution in [3.63, 3.8) is 0 Å². The van der Waals surface area contributed by atoms with E-state index < -0.39 is 0 Å². The van der Waals surface area contributed by atoms with Gasteiger partial charge in [-0.15, -0.1) is 0 Å². The zero-order valence-electron chi connectivity index (χ0n) is 13.2. The summed E-state index contributed by atoms with van der Waals surface area (Å²) < 4.78 is 16.0. The van der Waals surface area contributed by atoms with Gasteiger partial charge in [0.05, 0.1) is 11.4 Å². The zero-order valence-corrected chi connectivity index (χ0v) is 13.2. The molecule has 0 spiro atoms. The molecule has 0 saturated carbocycles. The molecule has 24 heavy (non-hydrogen) atoms. The van der Waals surface area contributed by atoms with Gasteiger partial charge in [0, 0.05) is 17.9 Å². The fourth-order valence-electron chi connectivity index (χ4n) is 3.33. The Morgan fingerprint density at radius 2 is 1.83 bits per heavy atom. The maximum absolute atomic E-state index is 14.3. The first-order chi connectivity index (χ1) is 11.6. The lowest BCUT2D eigenvalue weighted by atomic mass is 9.85. The minimum atomic E-state index is -0.326. The number of para-hydroxylation sites is 1. The van der Waals surface area contributed by atoms with Crippen molar-refractivity contribution in [3.8, 4) is 5.69 Å². The van der Waals surface area contributed by atoms with Crippen molar-refractivity contribution < 1.29 is 9.18 Å². The van der Waals surface area contributed by atoms with Crippen LogP contribution < -0.4 is 5.32 Å². The maximum Gasteiger partial charge on any atom is 0.226 e. The monoisotopic (exact) mass is 321 g/mol. The van der Waals surface area contributed by atoms with E-state index in [0.29, 0.717) is 11.4 Å². The average Bonchev–Trinajstić information content (AvgIpc) is 2.92. The van der Waals surface area contributed by atoms with E-state index in [9.17, 15) is 9.18 Å². The van der Waals surface area contributed by atoms with E-state index in [1.54, 1.807) is 22.9 Å². The normalized spacial score (nSPS) is 16.6. The van der Waals surface area contributed by atoms with Gasteiger partial charge < -0.3 is 5.32 Å². The summed E-state index contributed by atoms with van der Waals surface area (Å²) in [6.45, 7) is 1.89. The number of hydrogen-bond donors (Lipinski definition) is 1. The van der Waals surface area contributed by atoms with Crippen LogP contribution in [0.3, 0.4) is 0 Å². The van der Waals surface area contributed by atoms with Gasteiger partial charge in [-0.05, 0) is 30.7 Å². The highest BCUT2D eigenvalue weighted by Gasteiger charge is 2.33. The minimum absolute atomic E-state index is 0.132. The van der Waals surface area contributed by atoms with E-state index in [-0.39, 0.29) is 24.1 Å². The predicted octanol–water partition coefficient (Wildman–Crippen LogP) is 3.79. The molecule has 4 rings (SSSR count). The van der Waals surface area contributed by atoms with Crippen LogP contribution in [-0.2, 0) is 4.79 Å². The van der Waals surface area contributed by atoms with Crippen LogP contribution in [0.5, 0.6) is 0 Å². The molecule has 1 atom stereocenters. The number of hydrogen-bond acceptors (Lipinski definition) is 2. The first-order valence-electron chi connectivity index (χ1n) is 7.84. The quantitative estimate of drug-likeness (QED) is 0.780. The Kier molecular flexibility index (Phi) is 3.41. The molecule has 4 nitrogen and oxygen atoms in total. The first-order valence-corrected chi connectivity index (χ1v) is 7.84. The molecule has 1 aliphatic rings. The Morgan fingerprint density at radius 1 is 1.12 bits per heavy atom. The van der Waals surface area contributed by atoms with Crippen molar-refractivity contribution in [3.05, 3.63) is 77.2 Å². The summed E-state index contributed by atoms with van der Waals surface area (Å²) in [6, 6.07) is 16.2. The van der Waals surface area contributed by atoms with Gasteiger partial charge in [0.2, 0.25) is 5.91 Å². The Morgan fingerprint density at radius 3 is 2.58 bits per heavy atom. The summed E-state index contributed by atoms with van der Waals surface area (Å²) >= 11 is 0. The fourth-order valence-corrected chi connectivity index (χ4v) is 3.33. The van der Waals surface area contributed by atoms with Crippen molar-refractivity contribution in [1.82, 2.24) is 9.78 Å². The van der Waals surface area contributed by atoms with Gasteiger partial charge in [-0.1, -0.05) is 36.4 Å². The third-order valence-electron chi connectivity index (χ3n) is 4.38. The van der Waals surface area contributed by atoms with E-state index in [1.165, 1.54) is 6.07 Å². The third-order valence-corrected chi connectivity index (χ3v) is 4.38. The molecule has 2 aromatic carbocycles. The summed E-state index contributed by atoms with van der Waals surface area (Å²) in [5.41, 5.74) is 3.06. The van der Waals surface area contributed by atoms with E-state index in [2.05, 4.69) is 10.4 Å². The number of benzene rings is 2. The Labute approximate surface area is 138 Å². The van der Waals surface area contributed by atoms with E-state index in [1.807, 2.05) is 37.3 Å². The number of anilines is 1. The molecule has 0 saturated heterocycles. The number of amides is 1. The molecular formula is C19H16FN3O. The number of carbonyl (C=O) groups excluding carboxylic acids is 1. The van der Waals surface area contributed by atoms with Crippen molar-refractivity contribution >= 4 is 11.7 Å². The molecule has 0 aliphatic carbocycles. The molecule has 1 aliphatic heterocycles. The summed E-state index contributed by atoms with van der Waals surface area (Å²) in [4.78, 5) is 12.2. The molecule has 120 valence electrons. The van der Waals surface area contributed by atoms with Gasteiger partial charge in [0.15, 0.2) is 0 Å². The van der Waals surface area contributed by atoms with Crippen molar-refractivity contribution in [2.45, 2.75) is 19.3 Å². The molecule has 0 fully saturated rings. The van der Waals surface area contributed by atoms with Gasteiger partial charge in [-0.2, -0.15) is 5.10 Å². The summed E-state index contributed by atoms with van der Waals surface area (Å²) in [5.74, 6) is -0.126. The van der Waals surface area contributed by atoms with E-state index in [4.69, 9.17) is 0 Å². The van der Waals surface area contributed by atoms with E-state index >= 15 is 0 Å². The van der Waals surface area contributed by atoms with Crippen LogP contribution in [0.15, 0.2) is 54.6 Å². The van der Waals surface area contributed by atoms with Crippen LogP contribution >= 0.6 is 0 Å². The second-order valence-electron chi connectivity index (χ2n) is 5.92. The number of nitrogens with one attached hydrogen (secondary N) is 1. The molecule has 0 radical (unpaired) electrons. The van der Waals surface area contributed by atoms with Crippen LogP contribution in [0.1, 0.15) is 29.2 Å². The summed E-state index contributed by atoms with van der Waals surface area (Å²) in [6.07, 6.45) is 0.218. The summed E-state index contributed by atoms with van der Waals surface area (Å²) in [7, 11) is 0. The van der Waals surface area contributed by atoms with Crippen LogP contribution in [-0.4, -0.2) is 15.7 Å².